The molecule has 4 nitrogen and oxygen atoms in total. The fraction of sp³-hybridized carbons (Fsp3) is 0.467. The van der Waals surface area contributed by atoms with Crippen molar-refractivity contribution in [3.8, 4) is 0 Å². The second kappa shape index (κ2) is 5.09. The van der Waals surface area contributed by atoms with Gasteiger partial charge in [0.1, 0.15) is 11.6 Å². The number of carboxylic acids is 1. The highest BCUT2D eigenvalue weighted by Gasteiger charge is 2.49. The highest BCUT2D eigenvalue weighted by Crippen LogP contribution is 2.44. The highest BCUT2D eigenvalue weighted by atomic mass is 19.1. The molecule has 21 heavy (non-hydrogen) atoms. The van der Waals surface area contributed by atoms with Crippen LogP contribution >= 0.6 is 0 Å². The van der Waals surface area contributed by atoms with Crippen LogP contribution in [0.1, 0.15) is 30.9 Å². The lowest BCUT2D eigenvalue weighted by atomic mass is 10.0. The number of benzene rings is 1. The van der Waals surface area contributed by atoms with Crippen molar-refractivity contribution in [1.82, 2.24) is 5.32 Å². The lowest BCUT2D eigenvalue weighted by Crippen LogP contribution is -2.32. The third-order valence-corrected chi connectivity index (χ3v) is 4.13. The van der Waals surface area contributed by atoms with Crippen molar-refractivity contribution in [2.75, 3.05) is 0 Å². The molecule has 1 aromatic rings. The lowest BCUT2D eigenvalue weighted by molar-refractivity contribution is -0.140. The Labute approximate surface area is 120 Å². The summed E-state index contributed by atoms with van der Waals surface area (Å²) in [6.07, 6.45) is 1.99. The lowest BCUT2D eigenvalue weighted by Gasteiger charge is -2.19. The third kappa shape index (κ3) is 2.89. The van der Waals surface area contributed by atoms with E-state index in [1.54, 1.807) is 0 Å². The Morgan fingerprint density at radius 3 is 2.52 bits per heavy atom. The van der Waals surface area contributed by atoms with Gasteiger partial charge < -0.3 is 10.4 Å². The average Bonchev–Trinajstić information content (AvgIpc) is 3.29. The predicted octanol–water partition coefficient (Wildman–Crippen LogP) is 2.25. The fourth-order valence-electron chi connectivity index (χ4n) is 2.65. The average molecular weight is 295 g/mol. The number of halogens is 2. The molecule has 0 aromatic heterocycles. The molecular weight excluding hydrogens is 280 g/mol. The summed E-state index contributed by atoms with van der Waals surface area (Å²) < 4.78 is 27.2. The molecule has 2 aliphatic rings. The number of carbonyl (C=O) groups excluding carboxylic acids is 1. The zero-order valence-corrected chi connectivity index (χ0v) is 11.2. The van der Waals surface area contributed by atoms with Crippen LogP contribution in [0, 0.1) is 29.4 Å². The summed E-state index contributed by atoms with van der Waals surface area (Å²) in [4.78, 5) is 22.8. The maximum atomic E-state index is 13.9. The normalized spacial score (nSPS) is 25.2. The second-order valence-electron chi connectivity index (χ2n) is 5.78. The van der Waals surface area contributed by atoms with E-state index in [0.717, 1.165) is 31.0 Å². The Bertz CT molecular complexity index is 601. The molecule has 2 saturated carbocycles. The van der Waals surface area contributed by atoms with Gasteiger partial charge in [0.05, 0.1) is 17.9 Å². The van der Waals surface area contributed by atoms with Crippen molar-refractivity contribution < 1.29 is 23.5 Å². The summed E-state index contributed by atoms with van der Waals surface area (Å²) in [6, 6.07) is 2.60. The van der Waals surface area contributed by atoms with E-state index < -0.39 is 35.5 Å². The monoisotopic (exact) mass is 295 g/mol. The fourth-order valence-corrected chi connectivity index (χ4v) is 2.65. The zero-order valence-electron chi connectivity index (χ0n) is 11.2. The molecule has 2 aliphatic carbocycles. The summed E-state index contributed by atoms with van der Waals surface area (Å²) >= 11 is 0. The predicted molar refractivity (Wildman–Crippen MR) is 69.2 cm³/mol. The van der Waals surface area contributed by atoms with Crippen LogP contribution in [-0.4, -0.2) is 17.0 Å². The largest absolute Gasteiger partial charge is 0.481 e. The Kier molecular flexibility index (Phi) is 3.39. The van der Waals surface area contributed by atoms with Gasteiger partial charge >= 0.3 is 5.97 Å². The van der Waals surface area contributed by atoms with E-state index in [2.05, 4.69) is 5.32 Å². The van der Waals surface area contributed by atoms with Crippen molar-refractivity contribution in [2.45, 2.75) is 25.3 Å². The maximum Gasteiger partial charge on any atom is 0.307 e. The quantitative estimate of drug-likeness (QED) is 0.875. The number of carbonyl (C=O) groups is 2. The van der Waals surface area contributed by atoms with Crippen LogP contribution in [-0.2, 0) is 9.59 Å². The van der Waals surface area contributed by atoms with Crippen LogP contribution in [0.4, 0.5) is 8.78 Å². The van der Waals surface area contributed by atoms with Crippen LogP contribution in [0.15, 0.2) is 18.2 Å². The number of hydrogen-bond donors (Lipinski definition) is 2. The molecule has 0 unspecified atom stereocenters. The van der Waals surface area contributed by atoms with E-state index >= 15 is 0 Å². The van der Waals surface area contributed by atoms with Crippen LogP contribution in [0.2, 0.25) is 0 Å². The molecule has 0 heterocycles. The SMILES string of the molecule is O=C(O)[C@@H]1C[C@H]1C(=O)N[C@H](c1cc(F)ccc1F)C1CC1. The van der Waals surface area contributed by atoms with Gasteiger partial charge in [0.15, 0.2) is 0 Å². The van der Waals surface area contributed by atoms with E-state index in [9.17, 15) is 18.4 Å². The maximum absolute atomic E-state index is 13.9. The second-order valence-corrected chi connectivity index (χ2v) is 5.78. The van der Waals surface area contributed by atoms with Crippen LogP contribution in [0.3, 0.4) is 0 Å². The van der Waals surface area contributed by atoms with Gasteiger partial charge in [-0.3, -0.25) is 9.59 Å². The molecule has 2 N–H and O–H groups in total. The molecule has 2 fully saturated rings. The minimum atomic E-state index is -0.991. The molecule has 6 heteroatoms. The molecule has 3 atom stereocenters. The first-order valence-electron chi connectivity index (χ1n) is 6.95. The van der Waals surface area contributed by atoms with Gasteiger partial charge in [-0.2, -0.15) is 0 Å². The minimum Gasteiger partial charge on any atom is -0.481 e. The van der Waals surface area contributed by atoms with Crippen molar-refractivity contribution in [3.63, 3.8) is 0 Å². The van der Waals surface area contributed by atoms with Gasteiger partial charge in [0.2, 0.25) is 5.91 Å². The Morgan fingerprint density at radius 1 is 1.24 bits per heavy atom. The van der Waals surface area contributed by atoms with Gasteiger partial charge in [-0.1, -0.05) is 0 Å². The van der Waals surface area contributed by atoms with Gasteiger partial charge in [-0.15, -0.1) is 0 Å². The summed E-state index contributed by atoms with van der Waals surface area (Å²) in [5.41, 5.74) is 0.137. The number of nitrogens with one attached hydrogen (secondary N) is 1. The third-order valence-electron chi connectivity index (χ3n) is 4.13. The van der Waals surface area contributed by atoms with Crippen molar-refractivity contribution in [3.05, 3.63) is 35.4 Å². The molecule has 1 amide bonds. The molecule has 0 saturated heterocycles. The van der Waals surface area contributed by atoms with E-state index in [1.807, 2.05) is 0 Å². The van der Waals surface area contributed by atoms with Crippen molar-refractivity contribution >= 4 is 11.9 Å². The smallest absolute Gasteiger partial charge is 0.307 e. The summed E-state index contributed by atoms with van der Waals surface area (Å²) in [6.45, 7) is 0. The molecule has 0 spiro atoms. The van der Waals surface area contributed by atoms with Gasteiger partial charge in [0.25, 0.3) is 0 Å². The van der Waals surface area contributed by atoms with Crippen molar-refractivity contribution in [2.24, 2.45) is 17.8 Å². The minimum absolute atomic E-state index is 0.0901. The van der Waals surface area contributed by atoms with Crippen LogP contribution in [0.25, 0.3) is 0 Å². The van der Waals surface area contributed by atoms with E-state index in [0.29, 0.717) is 6.42 Å². The summed E-state index contributed by atoms with van der Waals surface area (Å²) in [7, 11) is 0. The molecule has 0 bridgehead atoms. The van der Waals surface area contributed by atoms with Gasteiger partial charge in [-0.05, 0) is 43.4 Å². The number of carboxylic acid groups (broad SMARTS) is 1. The topological polar surface area (TPSA) is 66.4 Å². The number of rotatable bonds is 5. The Hall–Kier alpha value is -1.98. The number of aliphatic carboxylic acids is 1. The summed E-state index contributed by atoms with van der Waals surface area (Å²) in [5, 5.41) is 11.5. The highest BCUT2D eigenvalue weighted by molar-refractivity contribution is 5.89. The van der Waals surface area contributed by atoms with E-state index in [1.165, 1.54) is 0 Å². The van der Waals surface area contributed by atoms with Crippen LogP contribution < -0.4 is 5.32 Å². The van der Waals surface area contributed by atoms with E-state index in [-0.39, 0.29) is 17.4 Å². The molecule has 1 aromatic carbocycles. The first-order chi connectivity index (χ1) is 9.97. The Morgan fingerprint density at radius 2 is 1.95 bits per heavy atom. The number of hydrogen-bond acceptors (Lipinski definition) is 2. The standard InChI is InChI=1S/C15H15F2NO3/c16-8-3-4-12(17)11(5-8)13(7-1-2-7)18-14(19)9-6-10(9)15(20)21/h3-5,7,9-10,13H,1-2,6H2,(H,18,19)(H,20,21)/t9-,10-,13+/m1/s1. The van der Waals surface area contributed by atoms with Crippen LogP contribution in [0.5, 0.6) is 0 Å². The van der Waals surface area contributed by atoms with Gasteiger partial charge in [0, 0.05) is 5.56 Å². The number of amides is 1. The Balaban J connectivity index is 1.75. The zero-order chi connectivity index (χ0) is 15.1. The first-order valence-corrected chi connectivity index (χ1v) is 6.95. The molecule has 0 radical (unpaired) electrons. The summed E-state index contributed by atoms with van der Waals surface area (Å²) in [5.74, 6) is -3.60. The molecule has 112 valence electrons. The van der Waals surface area contributed by atoms with E-state index in [4.69, 9.17) is 5.11 Å². The first kappa shape index (κ1) is 14.0. The molecule has 3 rings (SSSR count). The molecular formula is C15H15F2NO3. The molecule has 0 aliphatic heterocycles. The van der Waals surface area contributed by atoms with Gasteiger partial charge in [-0.25, -0.2) is 8.78 Å². The van der Waals surface area contributed by atoms with Crippen molar-refractivity contribution in [1.29, 1.82) is 0 Å².